The van der Waals surface area contributed by atoms with Gasteiger partial charge in [0.15, 0.2) is 0 Å². The van der Waals surface area contributed by atoms with E-state index in [-0.39, 0.29) is 41.8 Å². The first-order valence-corrected chi connectivity index (χ1v) is 7.76. The highest BCUT2D eigenvalue weighted by Crippen LogP contribution is 2.23. The van der Waals surface area contributed by atoms with E-state index in [1.54, 1.807) is 48.5 Å². The molecule has 0 saturated heterocycles. The van der Waals surface area contributed by atoms with E-state index in [2.05, 4.69) is 10.3 Å². The first kappa shape index (κ1) is 24.1. The van der Waals surface area contributed by atoms with Gasteiger partial charge in [0.05, 0.1) is 11.3 Å². The van der Waals surface area contributed by atoms with Gasteiger partial charge in [-0.2, -0.15) is 0 Å². The molecule has 0 atom stereocenters. The zero-order chi connectivity index (χ0) is 17.7. The van der Waals surface area contributed by atoms with E-state index >= 15 is 0 Å². The molecule has 5 nitrogen and oxygen atoms in total. The molecule has 0 saturated carbocycles. The largest absolute Gasteiger partial charge is 0.341 e. The summed E-state index contributed by atoms with van der Waals surface area (Å²) < 4.78 is 13.8. The van der Waals surface area contributed by atoms with Crippen molar-refractivity contribution in [3.63, 3.8) is 0 Å². The molecular formula is C18H25Cl2FN4O. The molecule has 0 radical (unpaired) electrons. The molecule has 2 rings (SSSR count). The Morgan fingerprint density at radius 1 is 1.23 bits per heavy atom. The van der Waals surface area contributed by atoms with Gasteiger partial charge in [-0.15, -0.1) is 24.8 Å². The van der Waals surface area contributed by atoms with Gasteiger partial charge in [0, 0.05) is 19.8 Å². The Bertz CT molecular complexity index is 728. The number of anilines is 2. The molecule has 0 aliphatic rings. The van der Waals surface area contributed by atoms with Crippen molar-refractivity contribution in [2.24, 2.45) is 11.1 Å². The molecule has 8 heteroatoms. The Labute approximate surface area is 166 Å². The van der Waals surface area contributed by atoms with Gasteiger partial charge < -0.3 is 16.0 Å². The molecule has 26 heavy (non-hydrogen) atoms. The highest BCUT2D eigenvalue weighted by Gasteiger charge is 2.24. The number of carbonyl (C=O) groups is 1. The number of para-hydroxylation sites is 1. The SMILES string of the molecule is CN(CC(C)(C)CN)C(=O)c1cccnc1Nc1ccccc1F.Cl.Cl. The van der Waals surface area contributed by atoms with Crippen molar-refractivity contribution in [3.05, 3.63) is 54.0 Å². The van der Waals surface area contributed by atoms with Gasteiger partial charge in [-0.3, -0.25) is 4.79 Å². The minimum Gasteiger partial charge on any atom is -0.341 e. The van der Waals surface area contributed by atoms with Gasteiger partial charge in [0.1, 0.15) is 11.6 Å². The lowest BCUT2D eigenvalue weighted by Gasteiger charge is -2.29. The van der Waals surface area contributed by atoms with E-state index in [0.717, 1.165) is 0 Å². The van der Waals surface area contributed by atoms with E-state index in [0.29, 0.717) is 24.5 Å². The number of benzene rings is 1. The van der Waals surface area contributed by atoms with Gasteiger partial charge >= 0.3 is 0 Å². The molecule has 0 aliphatic heterocycles. The lowest BCUT2D eigenvalue weighted by atomic mass is 9.93. The lowest BCUT2D eigenvalue weighted by Crippen LogP contribution is -2.40. The fraction of sp³-hybridized carbons (Fsp3) is 0.333. The van der Waals surface area contributed by atoms with Crippen molar-refractivity contribution in [1.29, 1.82) is 0 Å². The maximum atomic E-state index is 13.8. The number of rotatable bonds is 6. The molecule has 0 fully saturated rings. The van der Waals surface area contributed by atoms with Crippen molar-refractivity contribution >= 4 is 42.2 Å². The third-order valence-corrected chi connectivity index (χ3v) is 3.73. The van der Waals surface area contributed by atoms with Crippen LogP contribution in [0.4, 0.5) is 15.9 Å². The minimum atomic E-state index is -0.404. The summed E-state index contributed by atoms with van der Waals surface area (Å²) >= 11 is 0. The summed E-state index contributed by atoms with van der Waals surface area (Å²) in [7, 11) is 1.72. The van der Waals surface area contributed by atoms with Crippen LogP contribution in [0.15, 0.2) is 42.6 Å². The molecular weight excluding hydrogens is 378 g/mol. The second kappa shape index (κ2) is 10.3. The number of nitrogens with two attached hydrogens (primary N) is 1. The number of nitrogens with one attached hydrogen (secondary N) is 1. The fourth-order valence-electron chi connectivity index (χ4n) is 2.35. The topological polar surface area (TPSA) is 71.2 Å². The van der Waals surface area contributed by atoms with E-state index in [1.165, 1.54) is 6.07 Å². The molecule has 1 aromatic heterocycles. The van der Waals surface area contributed by atoms with Crippen LogP contribution in [0.25, 0.3) is 0 Å². The Hall–Kier alpha value is -1.89. The van der Waals surface area contributed by atoms with Gasteiger partial charge in [-0.25, -0.2) is 9.37 Å². The van der Waals surface area contributed by atoms with Crippen LogP contribution in [0, 0.1) is 11.2 Å². The number of carbonyl (C=O) groups excluding carboxylic acids is 1. The van der Waals surface area contributed by atoms with Crippen LogP contribution in [-0.4, -0.2) is 35.9 Å². The van der Waals surface area contributed by atoms with Crippen molar-refractivity contribution in [2.75, 3.05) is 25.5 Å². The second-order valence-electron chi connectivity index (χ2n) is 6.53. The van der Waals surface area contributed by atoms with Crippen molar-refractivity contribution < 1.29 is 9.18 Å². The van der Waals surface area contributed by atoms with Crippen LogP contribution in [-0.2, 0) is 0 Å². The third kappa shape index (κ3) is 6.12. The van der Waals surface area contributed by atoms with Crippen molar-refractivity contribution in [2.45, 2.75) is 13.8 Å². The van der Waals surface area contributed by atoms with E-state index in [9.17, 15) is 9.18 Å². The number of aromatic nitrogens is 1. The Balaban J connectivity index is 0.00000312. The summed E-state index contributed by atoms with van der Waals surface area (Å²) in [6.45, 7) is 4.98. The number of hydrogen-bond acceptors (Lipinski definition) is 4. The minimum absolute atomic E-state index is 0. The highest BCUT2D eigenvalue weighted by atomic mass is 35.5. The summed E-state index contributed by atoms with van der Waals surface area (Å²) in [5.41, 5.74) is 6.21. The Morgan fingerprint density at radius 3 is 2.50 bits per heavy atom. The Morgan fingerprint density at radius 2 is 1.88 bits per heavy atom. The van der Waals surface area contributed by atoms with Crippen LogP contribution >= 0.6 is 24.8 Å². The van der Waals surface area contributed by atoms with Gasteiger partial charge in [-0.1, -0.05) is 26.0 Å². The van der Waals surface area contributed by atoms with Gasteiger partial charge in [-0.05, 0) is 36.2 Å². The molecule has 3 N–H and O–H groups in total. The molecule has 0 spiro atoms. The van der Waals surface area contributed by atoms with Gasteiger partial charge in [0.2, 0.25) is 0 Å². The maximum absolute atomic E-state index is 13.8. The maximum Gasteiger partial charge on any atom is 0.257 e. The number of amides is 1. The van der Waals surface area contributed by atoms with Crippen LogP contribution in [0.2, 0.25) is 0 Å². The van der Waals surface area contributed by atoms with Gasteiger partial charge in [0.25, 0.3) is 5.91 Å². The molecule has 1 aromatic carbocycles. The van der Waals surface area contributed by atoms with Crippen LogP contribution in [0.3, 0.4) is 0 Å². The zero-order valence-electron chi connectivity index (χ0n) is 15.0. The quantitative estimate of drug-likeness (QED) is 0.768. The lowest BCUT2D eigenvalue weighted by molar-refractivity contribution is 0.0741. The van der Waals surface area contributed by atoms with Crippen molar-refractivity contribution in [3.8, 4) is 0 Å². The Kier molecular flexibility index (Phi) is 9.56. The molecule has 0 aliphatic carbocycles. The number of halogens is 3. The van der Waals surface area contributed by atoms with Crippen LogP contribution < -0.4 is 11.1 Å². The molecule has 0 bridgehead atoms. The zero-order valence-corrected chi connectivity index (χ0v) is 16.7. The van der Waals surface area contributed by atoms with E-state index in [1.807, 2.05) is 13.8 Å². The summed E-state index contributed by atoms with van der Waals surface area (Å²) in [6.07, 6.45) is 1.56. The summed E-state index contributed by atoms with van der Waals surface area (Å²) in [5.74, 6) is -0.271. The highest BCUT2D eigenvalue weighted by molar-refractivity contribution is 5.99. The molecule has 2 aromatic rings. The smallest absolute Gasteiger partial charge is 0.257 e. The summed E-state index contributed by atoms with van der Waals surface area (Å²) in [4.78, 5) is 18.5. The van der Waals surface area contributed by atoms with E-state index in [4.69, 9.17) is 5.73 Å². The second-order valence-corrected chi connectivity index (χ2v) is 6.53. The van der Waals surface area contributed by atoms with Crippen molar-refractivity contribution in [1.82, 2.24) is 9.88 Å². The van der Waals surface area contributed by atoms with Crippen LogP contribution in [0.5, 0.6) is 0 Å². The average Bonchev–Trinajstić information content (AvgIpc) is 2.56. The van der Waals surface area contributed by atoms with Crippen LogP contribution in [0.1, 0.15) is 24.2 Å². The predicted molar refractivity (Wildman–Crippen MR) is 108 cm³/mol. The first-order valence-electron chi connectivity index (χ1n) is 7.76. The molecule has 144 valence electrons. The predicted octanol–water partition coefficient (Wildman–Crippen LogP) is 3.86. The normalized spacial score (nSPS) is 10.3. The van der Waals surface area contributed by atoms with E-state index < -0.39 is 5.82 Å². The molecule has 1 heterocycles. The molecule has 0 unspecified atom stereocenters. The third-order valence-electron chi connectivity index (χ3n) is 3.73. The number of pyridine rings is 1. The number of nitrogens with zero attached hydrogens (tertiary/aromatic N) is 2. The summed E-state index contributed by atoms with van der Waals surface area (Å²) in [6, 6.07) is 9.62. The number of hydrogen-bond donors (Lipinski definition) is 2. The first-order chi connectivity index (χ1) is 11.3. The summed E-state index contributed by atoms with van der Waals surface area (Å²) in [5, 5.41) is 2.90. The molecule has 1 amide bonds. The average molecular weight is 403 g/mol. The fourth-order valence-corrected chi connectivity index (χ4v) is 2.35. The standard InChI is InChI=1S/C18H23FN4O.2ClH/c1-18(2,11-20)12-23(3)17(24)13-7-6-10-21-16(13)22-15-9-5-4-8-14(15)19;;/h4-10H,11-12,20H2,1-3H3,(H,21,22);2*1H. The monoisotopic (exact) mass is 402 g/mol.